The topological polar surface area (TPSA) is 99.6 Å². The molecule has 0 saturated heterocycles. The lowest BCUT2D eigenvalue weighted by atomic mass is 9.93. The van der Waals surface area contributed by atoms with Gasteiger partial charge in [0.05, 0.1) is 26.0 Å². The predicted molar refractivity (Wildman–Crippen MR) is 141 cm³/mol. The van der Waals surface area contributed by atoms with Crippen LogP contribution in [0.1, 0.15) is 31.0 Å². The van der Waals surface area contributed by atoms with Gasteiger partial charge in [0.25, 0.3) is 5.56 Å². The fraction of sp³-hybridized carbons (Fsp3) is 0.241. The van der Waals surface area contributed by atoms with Gasteiger partial charge in [-0.15, -0.1) is 0 Å². The van der Waals surface area contributed by atoms with E-state index in [9.17, 15) is 9.90 Å². The Morgan fingerprint density at radius 1 is 0.889 bits per heavy atom. The van der Waals surface area contributed by atoms with Crippen LogP contribution in [-0.4, -0.2) is 35.0 Å². The van der Waals surface area contributed by atoms with E-state index in [4.69, 9.17) is 15.2 Å². The van der Waals surface area contributed by atoms with Crippen molar-refractivity contribution in [3.8, 4) is 34.1 Å². The molecule has 1 heterocycles. The number of nitrogens with zero attached hydrogens (tertiary/aromatic N) is 2. The molecule has 3 unspecified atom stereocenters. The highest BCUT2D eigenvalue weighted by Gasteiger charge is 2.26. The summed E-state index contributed by atoms with van der Waals surface area (Å²) in [4.78, 5) is 16.9. The van der Waals surface area contributed by atoms with E-state index in [1.165, 1.54) is 6.07 Å². The molecule has 7 heteroatoms. The maximum Gasteiger partial charge on any atom is 0.273 e. The summed E-state index contributed by atoms with van der Waals surface area (Å²) < 4.78 is 12.5. The van der Waals surface area contributed by atoms with Gasteiger partial charge in [-0.2, -0.15) is 4.98 Å². The molecule has 0 bridgehead atoms. The molecule has 3 N–H and O–H groups in total. The highest BCUT2D eigenvalue weighted by atomic mass is 16.5. The van der Waals surface area contributed by atoms with Crippen LogP contribution < -0.4 is 20.8 Å². The first-order valence-corrected chi connectivity index (χ1v) is 11.8. The first-order valence-electron chi connectivity index (χ1n) is 11.8. The fourth-order valence-corrected chi connectivity index (χ4v) is 4.38. The van der Waals surface area contributed by atoms with Crippen molar-refractivity contribution in [3.63, 3.8) is 0 Å². The van der Waals surface area contributed by atoms with Gasteiger partial charge in [0.15, 0.2) is 11.5 Å². The third kappa shape index (κ3) is 5.32. The lowest BCUT2D eigenvalue weighted by molar-refractivity contribution is 0.101. The predicted octanol–water partition coefficient (Wildman–Crippen LogP) is 4.61. The average Bonchev–Trinajstić information content (AvgIpc) is 2.92. The van der Waals surface area contributed by atoms with E-state index >= 15 is 0 Å². The second-order valence-corrected chi connectivity index (χ2v) is 8.71. The van der Waals surface area contributed by atoms with Crippen molar-refractivity contribution in [1.82, 2.24) is 9.55 Å². The zero-order valence-corrected chi connectivity index (χ0v) is 20.7. The Bertz CT molecular complexity index is 1290. The number of aliphatic hydroxyl groups is 1. The quantitative estimate of drug-likeness (QED) is 0.359. The first kappa shape index (κ1) is 25.2. The number of methoxy groups -OCH3 is 2. The Labute approximate surface area is 210 Å². The largest absolute Gasteiger partial charge is 0.493 e. The Balaban J connectivity index is 1.73. The Kier molecular flexibility index (Phi) is 7.83. The molecule has 0 spiro atoms. The number of aromatic nitrogens is 2. The molecule has 0 aliphatic heterocycles. The average molecular weight is 486 g/mol. The highest BCUT2D eigenvalue weighted by molar-refractivity contribution is 5.65. The third-order valence-electron chi connectivity index (χ3n) is 6.33. The molecule has 3 atom stereocenters. The minimum absolute atomic E-state index is 0.0291. The molecule has 0 saturated carbocycles. The molecule has 36 heavy (non-hydrogen) atoms. The van der Waals surface area contributed by atoms with E-state index in [2.05, 4.69) is 4.98 Å². The smallest absolute Gasteiger partial charge is 0.273 e. The normalized spacial score (nSPS) is 13.6. The van der Waals surface area contributed by atoms with Crippen molar-refractivity contribution in [2.24, 2.45) is 5.73 Å². The molecule has 3 aromatic carbocycles. The van der Waals surface area contributed by atoms with Crippen molar-refractivity contribution in [2.45, 2.75) is 31.5 Å². The molecule has 0 aliphatic rings. The van der Waals surface area contributed by atoms with Crippen molar-refractivity contribution in [1.29, 1.82) is 0 Å². The maximum atomic E-state index is 12.6. The van der Waals surface area contributed by atoms with Crippen LogP contribution in [0.5, 0.6) is 11.5 Å². The van der Waals surface area contributed by atoms with Gasteiger partial charge >= 0.3 is 0 Å². The summed E-state index contributed by atoms with van der Waals surface area (Å²) in [5.41, 5.74) is 9.48. The van der Waals surface area contributed by atoms with Gasteiger partial charge in [0.2, 0.25) is 0 Å². The van der Waals surface area contributed by atoms with Crippen molar-refractivity contribution in [3.05, 3.63) is 101 Å². The van der Waals surface area contributed by atoms with E-state index in [-0.39, 0.29) is 11.5 Å². The Morgan fingerprint density at radius 3 is 2.11 bits per heavy atom. The second-order valence-electron chi connectivity index (χ2n) is 8.71. The standard InChI is InChI=1S/C29H31N3O4/c1-19(22-14-15-25(35-2)26(17-22)36-3)16-24(33)28(30)32-23(20-10-6-4-7-11-20)18-27(34)31-29(32)21-12-8-5-9-13-21/h4-15,17-19,24,28,33H,16,30H2,1-3H3. The van der Waals surface area contributed by atoms with Crippen LogP contribution in [0, 0.1) is 0 Å². The van der Waals surface area contributed by atoms with Gasteiger partial charge in [0.1, 0.15) is 12.0 Å². The minimum atomic E-state index is -0.928. The van der Waals surface area contributed by atoms with Gasteiger partial charge < -0.3 is 24.9 Å². The lowest BCUT2D eigenvalue weighted by Crippen LogP contribution is -2.35. The van der Waals surface area contributed by atoms with Crippen LogP contribution in [0.3, 0.4) is 0 Å². The Morgan fingerprint density at radius 2 is 1.50 bits per heavy atom. The van der Waals surface area contributed by atoms with E-state index in [0.29, 0.717) is 29.4 Å². The monoisotopic (exact) mass is 485 g/mol. The number of hydrogen-bond donors (Lipinski definition) is 2. The number of rotatable bonds is 9. The molecule has 0 fully saturated rings. The van der Waals surface area contributed by atoms with E-state index in [0.717, 1.165) is 16.7 Å². The molecule has 1 aromatic heterocycles. The number of hydrogen-bond acceptors (Lipinski definition) is 6. The third-order valence-corrected chi connectivity index (χ3v) is 6.33. The van der Waals surface area contributed by atoms with Crippen LogP contribution in [0.25, 0.3) is 22.6 Å². The highest BCUT2D eigenvalue weighted by Crippen LogP contribution is 2.34. The van der Waals surface area contributed by atoms with Gasteiger partial charge in [-0.1, -0.05) is 73.7 Å². The fourth-order valence-electron chi connectivity index (χ4n) is 4.38. The Hall–Kier alpha value is -3.94. The molecule has 4 aromatic rings. The zero-order valence-electron chi connectivity index (χ0n) is 20.7. The lowest BCUT2D eigenvalue weighted by Gasteiger charge is -2.29. The van der Waals surface area contributed by atoms with Crippen LogP contribution in [-0.2, 0) is 0 Å². The van der Waals surface area contributed by atoms with Crippen molar-refractivity contribution < 1.29 is 14.6 Å². The molecule has 0 amide bonds. The number of nitrogens with two attached hydrogens (primary N) is 1. The summed E-state index contributed by atoms with van der Waals surface area (Å²) in [6, 6.07) is 26.1. The first-order chi connectivity index (χ1) is 17.4. The van der Waals surface area contributed by atoms with Crippen LogP contribution >= 0.6 is 0 Å². The van der Waals surface area contributed by atoms with E-state index < -0.39 is 12.3 Å². The number of aliphatic hydroxyl groups excluding tert-OH is 1. The van der Waals surface area contributed by atoms with Gasteiger partial charge in [-0.05, 0) is 35.6 Å². The molecular weight excluding hydrogens is 454 g/mol. The summed E-state index contributed by atoms with van der Waals surface area (Å²) in [5, 5.41) is 11.3. The molecule has 0 aliphatic carbocycles. The number of ether oxygens (including phenoxy) is 2. The van der Waals surface area contributed by atoms with Crippen LogP contribution in [0.2, 0.25) is 0 Å². The SMILES string of the molecule is COc1ccc(C(C)CC(O)C(N)n2c(-c3ccccc3)cc(=O)nc2-c2ccccc2)cc1OC. The summed E-state index contributed by atoms with van der Waals surface area (Å²) in [6.07, 6.45) is -1.40. The molecular formula is C29H31N3O4. The summed E-state index contributed by atoms with van der Waals surface area (Å²) in [6.45, 7) is 2.02. The molecule has 0 radical (unpaired) electrons. The van der Waals surface area contributed by atoms with Gasteiger partial charge in [0, 0.05) is 11.6 Å². The molecule has 7 nitrogen and oxygen atoms in total. The summed E-state index contributed by atoms with van der Waals surface area (Å²) in [5.74, 6) is 1.65. The zero-order chi connectivity index (χ0) is 25.7. The van der Waals surface area contributed by atoms with Crippen LogP contribution in [0.15, 0.2) is 89.7 Å². The van der Waals surface area contributed by atoms with Crippen LogP contribution in [0.4, 0.5) is 0 Å². The number of benzene rings is 3. The summed E-state index contributed by atoms with van der Waals surface area (Å²) in [7, 11) is 3.19. The van der Waals surface area contributed by atoms with Gasteiger partial charge in [-0.3, -0.25) is 4.79 Å². The second kappa shape index (κ2) is 11.2. The van der Waals surface area contributed by atoms with Gasteiger partial charge in [-0.25, -0.2) is 0 Å². The van der Waals surface area contributed by atoms with Crippen molar-refractivity contribution >= 4 is 0 Å². The molecule has 186 valence electrons. The maximum absolute atomic E-state index is 12.6. The minimum Gasteiger partial charge on any atom is -0.493 e. The van der Waals surface area contributed by atoms with E-state index in [1.807, 2.05) is 85.8 Å². The molecule has 4 rings (SSSR count). The van der Waals surface area contributed by atoms with Crippen molar-refractivity contribution in [2.75, 3.05) is 14.2 Å². The summed E-state index contributed by atoms with van der Waals surface area (Å²) >= 11 is 0. The van der Waals surface area contributed by atoms with E-state index in [1.54, 1.807) is 18.8 Å².